The highest BCUT2D eigenvalue weighted by molar-refractivity contribution is 6.04. The van der Waals surface area contributed by atoms with Crippen LogP contribution in [0.1, 0.15) is 28.4 Å². The maximum absolute atomic E-state index is 12.9. The normalized spacial score (nSPS) is 14.8. The van der Waals surface area contributed by atoms with Crippen molar-refractivity contribution in [2.45, 2.75) is 18.6 Å². The highest BCUT2D eigenvalue weighted by Crippen LogP contribution is 2.33. The SMILES string of the molecule is Cl.Cl.Cl.Nc1ncnc2c1c(-c1ccc(C(=O)Nc3cc(C(F)(F)F)ccn3)cc1)nn2C1CCNC1. The van der Waals surface area contributed by atoms with Crippen LogP contribution in [0.2, 0.25) is 0 Å². The molecule has 37 heavy (non-hydrogen) atoms. The molecule has 0 radical (unpaired) electrons. The van der Waals surface area contributed by atoms with Gasteiger partial charge in [-0.2, -0.15) is 18.3 Å². The minimum absolute atomic E-state index is 0. The van der Waals surface area contributed by atoms with E-state index >= 15 is 0 Å². The number of alkyl halides is 3. The van der Waals surface area contributed by atoms with Crippen molar-refractivity contribution in [3.8, 4) is 11.3 Å². The lowest BCUT2D eigenvalue weighted by atomic mass is 10.1. The summed E-state index contributed by atoms with van der Waals surface area (Å²) in [5.41, 5.74) is 7.41. The van der Waals surface area contributed by atoms with Gasteiger partial charge in [0.25, 0.3) is 5.91 Å². The van der Waals surface area contributed by atoms with Crippen LogP contribution in [0.25, 0.3) is 22.3 Å². The molecule has 1 atom stereocenters. The summed E-state index contributed by atoms with van der Waals surface area (Å²) in [4.78, 5) is 24.8. The predicted molar refractivity (Wildman–Crippen MR) is 141 cm³/mol. The molecule has 0 saturated carbocycles. The number of rotatable bonds is 4. The number of nitrogen functional groups attached to an aromatic ring is 1. The minimum Gasteiger partial charge on any atom is -0.383 e. The molecule has 1 aliphatic heterocycles. The summed E-state index contributed by atoms with van der Waals surface area (Å²) in [6.45, 7) is 1.65. The van der Waals surface area contributed by atoms with Crippen molar-refractivity contribution in [3.05, 3.63) is 60.0 Å². The van der Waals surface area contributed by atoms with Crippen LogP contribution in [0.4, 0.5) is 24.8 Å². The number of pyridine rings is 1. The molecule has 15 heteroatoms. The summed E-state index contributed by atoms with van der Waals surface area (Å²) in [5.74, 6) is -0.480. The molecule has 4 N–H and O–H groups in total. The molecule has 0 aliphatic carbocycles. The maximum Gasteiger partial charge on any atom is 0.416 e. The number of carbonyl (C=O) groups is 1. The van der Waals surface area contributed by atoms with Gasteiger partial charge < -0.3 is 16.4 Å². The summed E-state index contributed by atoms with van der Waals surface area (Å²) in [5, 5.41) is 11.1. The minimum atomic E-state index is -4.53. The Morgan fingerprint density at radius 1 is 1.08 bits per heavy atom. The Hall–Kier alpha value is -3.19. The van der Waals surface area contributed by atoms with Gasteiger partial charge in [-0.25, -0.2) is 19.6 Å². The molecule has 4 heterocycles. The molecule has 0 bridgehead atoms. The van der Waals surface area contributed by atoms with E-state index in [1.165, 1.54) is 6.33 Å². The molecule has 5 rings (SSSR count). The van der Waals surface area contributed by atoms with Crippen LogP contribution in [0, 0.1) is 0 Å². The van der Waals surface area contributed by atoms with E-state index in [0.29, 0.717) is 28.1 Å². The monoisotopic (exact) mass is 576 g/mol. The predicted octanol–water partition coefficient (Wildman–Crippen LogP) is 4.54. The number of fused-ring (bicyclic) bond motifs is 1. The number of aromatic nitrogens is 5. The van der Waals surface area contributed by atoms with E-state index in [1.807, 2.05) is 4.68 Å². The number of hydrogen-bond acceptors (Lipinski definition) is 7. The van der Waals surface area contributed by atoms with Crippen LogP contribution in [0.15, 0.2) is 48.9 Å². The molecule has 198 valence electrons. The van der Waals surface area contributed by atoms with Gasteiger partial charge in [-0.3, -0.25) is 4.79 Å². The van der Waals surface area contributed by atoms with Gasteiger partial charge in [-0.1, -0.05) is 12.1 Å². The highest BCUT2D eigenvalue weighted by Gasteiger charge is 2.31. The first-order valence-corrected chi connectivity index (χ1v) is 10.5. The van der Waals surface area contributed by atoms with Gasteiger partial charge in [-0.15, -0.1) is 37.2 Å². The second-order valence-electron chi connectivity index (χ2n) is 7.86. The third-order valence-electron chi connectivity index (χ3n) is 5.65. The fourth-order valence-corrected chi connectivity index (χ4v) is 3.94. The molecule has 1 saturated heterocycles. The molecule has 3 aromatic heterocycles. The van der Waals surface area contributed by atoms with Gasteiger partial charge in [-0.05, 0) is 37.2 Å². The Morgan fingerprint density at radius 2 is 1.81 bits per heavy atom. The van der Waals surface area contributed by atoms with Crippen LogP contribution in [-0.4, -0.2) is 43.7 Å². The number of amides is 1. The first-order chi connectivity index (χ1) is 16.3. The molecule has 1 unspecified atom stereocenters. The summed E-state index contributed by atoms with van der Waals surface area (Å²) in [6, 6.07) is 8.26. The first-order valence-electron chi connectivity index (χ1n) is 10.5. The standard InChI is InChI=1S/C22H19F3N8O.3ClH/c23-22(24,25)14-5-8-28-16(9-14)31-21(34)13-3-1-12(2-4-13)18-17-19(26)29-11-30-20(17)33(32-18)15-6-7-27-10-15;;;/h1-5,8-9,11,15,27H,6-7,10H2,(H2,26,29,30)(H,28,31,34);3*1H. The average molecular weight is 578 g/mol. The van der Waals surface area contributed by atoms with Crippen molar-refractivity contribution in [3.63, 3.8) is 0 Å². The topological polar surface area (TPSA) is 124 Å². The molecule has 4 aromatic rings. The third kappa shape index (κ3) is 6.04. The number of nitrogens with two attached hydrogens (primary N) is 1. The van der Waals surface area contributed by atoms with E-state index in [-0.39, 0.29) is 54.6 Å². The Balaban J connectivity index is 0.00000160. The first kappa shape index (κ1) is 30.0. The Labute approximate surface area is 227 Å². The fraction of sp³-hybridized carbons (Fsp3) is 0.227. The summed E-state index contributed by atoms with van der Waals surface area (Å²) in [7, 11) is 0. The van der Waals surface area contributed by atoms with Crippen LogP contribution in [0.3, 0.4) is 0 Å². The number of carbonyl (C=O) groups excluding carboxylic acids is 1. The maximum atomic E-state index is 12.9. The quantitative estimate of drug-likeness (QED) is 0.325. The summed E-state index contributed by atoms with van der Waals surface area (Å²) < 4.78 is 40.6. The third-order valence-corrected chi connectivity index (χ3v) is 5.65. The van der Waals surface area contributed by atoms with Crippen molar-refractivity contribution in [1.29, 1.82) is 0 Å². The van der Waals surface area contributed by atoms with E-state index < -0.39 is 17.6 Å². The van der Waals surface area contributed by atoms with Gasteiger partial charge in [0.05, 0.1) is 17.0 Å². The molecule has 1 amide bonds. The zero-order valence-electron chi connectivity index (χ0n) is 18.9. The van der Waals surface area contributed by atoms with Gasteiger partial charge in [0, 0.05) is 23.9 Å². The van der Waals surface area contributed by atoms with E-state index in [9.17, 15) is 18.0 Å². The molecule has 1 aliphatic rings. The van der Waals surface area contributed by atoms with E-state index in [4.69, 9.17) is 10.8 Å². The molecule has 0 spiro atoms. The van der Waals surface area contributed by atoms with Crippen molar-refractivity contribution in [2.75, 3.05) is 24.1 Å². The fourth-order valence-electron chi connectivity index (χ4n) is 3.94. The van der Waals surface area contributed by atoms with E-state index in [1.54, 1.807) is 24.3 Å². The van der Waals surface area contributed by atoms with Crippen molar-refractivity contribution in [2.24, 2.45) is 0 Å². The van der Waals surface area contributed by atoms with Crippen molar-refractivity contribution >= 4 is 65.8 Å². The zero-order chi connectivity index (χ0) is 23.9. The number of hydrogen-bond donors (Lipinski definition) is 3. The van der Waals surface area contributed by atoms with Gasteiger partial charge in [0.1, 0.15) is 23.7 Å². The molecule has 1 fully saturated rings. The lowest BCUT2D eigenvalue weighted by Gasteiger charge is -2.09. The van der Waals surface area contributed by atoms with Crippen molar-refractivity contribution in [1.82, 2.24) is 30.0 Å². The molecular formula is C22H22Cl3F3N8O. The molecular weight excluding hydrogens is 556 g/mol. The highest BCUT2D eigenvalue weighted by atomic mass is 35.5. The van der Waals surface area contributed by atoms with E-state index in [2.05, 4.69) is 25.6 Å². The van der Waals surface area contributed by atoms with Gasteiger partial charge in [0.2, 0.25) is 0 Å². The van der Waals surface area contributed by atoms with Crippen LogP contribution in [-0.2, 0) is 6.18 Å². The molecule has 1 aromatic carbocycles. The number of nitrogens with zero attached hydrogens (tertiary/aromatic N) is 5. The number of benzene rings is 1. The number of halogens is 6. The second kappa shape index (κ2) is 11.9. The Morgan fingerprint density at radius 3 is 2.46 bits per heavy atom. The Kier molecular flexibility index (Phi) is 9.66. The second-order valence-corrected chi connectivity index (χ2v) is 7.86. The van der Waals surface area contributed by atoms with Crippen molar-refractivity contribution < 1.29 is 18.0 Å². The molecule has 9 nitrogen and oxygen atoms in total. The lowest BCUT2D eigenvalue weighted by Crippen LogP contribution is -2.15. The number of nitrogens with one attached hydrogen (secondary N) is 2. The lowest BCUT2D eigenvalue weighted by molar-refractivity contribution is -0.137. The van der Waals surface area contributed by atoms with Gasteiger partial charge in [0.15, 0.2) is 5.65 Å². The van der Waals surface area contributed by atoms with Crippen LogP contribution in [0.5, 0.6) is 0 Å². The summed E-state index contributed by atoms with van der Waals surface area (Å²) >= 11 is 0. The average Bonchev–Trinajstić information content (AvgIpc) is 3.47. The largest absolute Gasteiger partial charge is 0.416 e. The van der Waals surface area contributed by atoms with Crippen LogP contribution >= 0.6 is 37.2 Å². The smallest absolute Gasteiger partial charge is 0.383 e. The van der Waals surface area contributed by atoms with Gasteiger partial charge >= 0.3 is 6.18 Å². The zero-order valence-corrected chi connectivity index (χ0v) is 21.3. The Bertz CT molecular complexity index is 1380. The van der Waals surface area contributed by atoms with Crippen LogP contribution < -0.4 is 16.4 Å². The summed E-state index contributed by atoms with van der Waals surface area (Å²) in [6.07, 6.45) is -1.23. The van der Waals surface area contributed by atoms with E-state index in [0.717, 1.165) is 37.8 Å². The number of anilines is 2.